The molecule has 0 spiro atoms. The molecular formula is C53H96O6. The summed E-state index contributed by atoms with van der Waals surface area (Å²) in [6.07, 6.45) is 55.6. The summed E-state index contributed by atoms with van der Waals surface area (Å²) in [4.78, 5) is 37.9. The molecule has 0 N–H and O–H groups in total. The number of carbonyl (C=O) groups is 3. The van der Waals surface area contributed by atoms with Crippen molar-refractivity contribution in [1.82, 2.24) is 0 Å². The summed E-state index contributed by atoms with van der Waals surface area (Å²) in [5.74, 6) is -0.896. The molecule has 0 aliphatic heterocycles. The van der Waals surface area contributed by atoms with Crippen molar-refractivity contribution in [3.05, 3.63) is 36.5 Å². The van der Waals surface area contributed by atoms with Crippen LogP contribution in [0.2, 0.25) is 0 Å². The van der Waals surface area contributed by atoms with Gasteiger partial charge in [-0.25, -0.2) is 0 Å². The number of allylic oxidation sites excluding steroid dienone is 6. The van der Waals surface area contributed by atoms with Gasteiger partial charge in [0.15, 0.2) is 6.10 Å². The fourth-order valence-electron chi connectivity index (χ4n) is 7.20. The van der Waals surface area contributed by atoms with E-state index in [1.807, 2.05) is 0 Å². The molecule has 0 rings (SSSR count). The van der Waals surface area contributed by atoms with Crippen LogP contribution in [0.25, 0.3) is 0 Å². The van der Waals surface area contributed by atoms with Crippen LogP contribution in [0.4, 0.5) is 0 Å². The minimum absolute atomic E-state index is 0.0791. The van der Waals surface area contributed by atoms with Crippen molar-refractivity contribution in [1.29, 1.82) is 0 Å². The third-order valence-corrected chi connectivity index (χ3v) is 11.1. The second-order valence-corrected chi connectivity index (χ2v) is 17.1. The number of hydrogen-bond donors (Lipinski definition) is 0. The Kier molecular flexibility index (Phi) is 46.4. The zero-order valence-electron chi connectivity index (χ0n) is 39.3. The highest BCUT2D eigenvalue weighted by molar-refractivity contribution is 5.71. The molecule has 0 heterocycles. The van der Waals surface area contributed by atoms with Crippen molar-refractivity contribution >= 4 is 17.9 Å². The normalized spacial score (nSPS) is 12.3. The van der Waals surface area contributed by atoms with Crippen LogP contribution in [-0.2, 0) is 28.6 Å². The molecule has 0 aliphatic carbocycles. The van der Waals surface area contributed by atoms with Gasteiger partial charge in [0.1, 0.15) is 13.2 Å². The predicted octanol–water partition coefficient (Wildman–Crippen LogP) is 16.5. The molecule has 0 radical (unpaired) electrons. The van der Waals surface area contributed by atoms with Crippen molar-refractivity contribution in [2.45, 2.75) is 271 Å². The molecule has 6 heteroatoms. The maximum Gasteiger partial charge on any atom is 0.306 e. The van der Waals surface area contributed by atoms with Crippen LogP contribution in [-0.4, -0.2) is 37.2 Å². The summed E-state index contributed by atoms with van der Waals surface area (Å²) >= 11 is 0. The van der Waals surface area contributed by atoms with Crippen LogP contribution in [0.5, 0.6) is 0 Å². The lowest BCUT2D eigenvalue weighted by Gasteiger charge is -2.18. The molecule has 0 aliphatic rings. The zero-order valence-corrected chi connectivity index (χ0v) is 39.3. The lowest BCUT2D eigenvalue weighted by Crippen LogP contribution is -2.30. The van der Waals surface area contributed by atoms with E-state index < -0.39 is 6.10 Å². The Bertz CT molecular complexity index is 1000. The molecule has 6 nitrogen and oxygen atoms in total. The van der Waals surface area contributed by atoms with Gasteiger partial charge in [0.25, 0.3) is 0 Å². The first-order chi connectivity index (χ1) is 29.0. The number of hydrogen-bond acceptors (Lipinski definition) is 6. The molecule has 0 fully saturated rings. The van der Waals surface area contributed by atoms with Crippen LogP contribution >= 0.6 is 0 Å². The van der Waals surface area contributed by atoms with Crippen LogP contribution in [0.1, 0.15) is 265 Å². The van der Waals surface area contributed by atoms with Gasteiger partial charge in [0.2, 0.25) is 0 Å². The van der Waals surface area contributed by atoms with Gasteiger partial charge >= 0.3 is 17.9 Å². The monoisotopic (exact) mass is 829 g/mol. The third-order valence-electron chi connectivity index (χ3n) is 11.1. The minimum atomic E-state index is -0.778. The number of rotatable bonds is 46. The first kappa shape index (κ1) is 56.6. The average molecular weight is 829 g/mol. The highest BCUT2D eigenvalue weighted by Gasteiger charge is 2.19. The summed E-state index contributed by atoms with van der Waals surface area (Å²) < 4.78 is 16.8. The molecule has 1 unspecified atom stereocenters. The van der Waals surface area contributed by atoms with Crippen LogP contribution in [0.3, 0.4) is 0 Å². The van der Waals surface area contributed by atoms with Gasteiger partial charge in [-0.15, -0.1) is 0 Å². The summed E-state index contributed by atoms with van der Waals surface area (Å²) in [7, 11) is 0. The Morgan fingerprint density at radius 1 is 0.322 bits per heavy atom. The summed E-state index contributed by atoms with van der Waals surface area (Å²) in [6, 6.07) is 0. The van der Waals surface area contributed by atoms with E-state index in [0.717, 1.165) is 83.5 Å². The second-order valence-electron chi connectivity index (χ2n) is 17.1. The summed E-state index contributed by atoms with van der Waals surface area (Å²) in [5.41, 5.74) is 0. The molecular weight excluding hydrogens is 733 g/mol. The van der Waals surface area contributed by atoms with Crippen molar-refractivity contribution in [2.75, 3.05) is 13.2 Å². The second kappa shape index (κ2) is 48.3. The Balaban J connectivity index is 4.34. The first-order valence-electron chi connectivity index (χ1n) is 25.5. The quantitative estimate of drug-likeness (QED) is 0.0263. The van der Waals surface area contributed by atoms with Crippen molar-refractivity contribution in [2.24, 2.45) is 0 Å². The molecule has 344 valence electrons. The van der Waals surface area contributed by atoms with Crippen molar-refractivity contribution in [3.63, 3.8) is 0 Å². The lowest BCUT2D eigenvalue weighted by molar-refractivity contribution is -0.167. The van der Waals surface area contributed by atoms with Gasteiger partial charge in [-0.1, -0.05) is 192 Å². The van der Waals surface area contributed by atoms with Gasteiger partial charge in [-0.2, -0.15) is 0 Å². The number of unbranched alkanes of at least 4 members (excludes halogenated alkanes) is 29. The van der Waals surface area contributed by atoms with E-state index >= 15 is 0 Å². The third kappa shape index (κ3) is 46.5. The van der Waals surface area contributed by atoms with Gasteiger partial charge in [-0.05, 0) is 89.9 Å². The predicted molar refractivity (Wildman–Crippen MR) is 252 cm³/mol. The number of esters is 3. The zero-order chi connectivity index (χ0) is 43.0. The SMILES string of the molecule is CCC/C=C\CCCCCCCC(=O)OCC(COC(=O)CCCCCCCCC/C=C\CCCCCCCC)OC(=O)CCCCCCC/C=C\CCCCCCC. The van der Waals surface area contributed by atoms with Crippen LogP contribution in [0, 0.1) is 0 Å². The lowest BCUT2D eigenvalue weighted by atomic mass is 10.1. The molecule has 0 aromatic carbocycles. The highest BCUT2D eigenvalue weighted by Crippen LogP contribution is 2.14. The van der Waals surface area contributed by atoms with Crippen LogP contribution < -0.4 is 0 Å². The Morgan fingerprint density at radius 2 is 0.593 bits per heavy atom. The van der Waals surface area contributed by atoms with E-state index in [9.17, 15) is 14.4 Å². The largest absolute Gasteiger partial charge is 0.462 e. The van der Waals surface area contributed by atoms with Gasteiger partial charge < -0.3 is 14.2 Å². The van der Waals surface area contributed by atoms with Gasteiger partial charge in [0.05, 0.1) is 0 Å². The topological polar surface area (TPSA) is 78.9 Å². The average Bonchev–Trinajstić information content (AvgIpc) is 3.23. The Hall–Kier alpha value is -2.37. The molecule has 0 saturated carbocycles. The molecule has 59 heavy (non-hydrogen) atoms. The van der Waals surface area contributed by atoms with Crippen molar-refractivity contribution < 1.29 is 28.6 Å². The summed E-state index contributed by atoms with van der Waals surface area (Å²) in [5, 5.41) is 0. The van der Waals surface area contributed by atoms with Crippen LogP contribution in [0.15, 0.2) is 36.5 Å². The number of carbonyl (C=O) groups excluding carboxylic acids is 3. The maximum atomic E-state index is 12.8. The van der Waals surface area contributed by atoms with Gasteiger partial charge in [-0.3, -0.25) is 14.4 Å². The standard InChI is InChI=1S/C53H96O6/c1-4-7-10-13-16-19-22-24-26-27-28-30-31-34-37-40-43-46-52(55)58-49-50(48-57-51(54)45-42-39-36-33-21-18-15-12-9-6-3)59-53(56)47-44-41-38-35-32-29-25-23-20-17-14-11-8-5-2/h12,15,23-26,50H,4-11,13-14,16-22,27-49H2,1-3H3/b15-12-,25-23-,26-24-. The number of ether oxygens (including phenoxy) is 3. The van der Waals surface area contributed by atoms with E-state index in [1.165, 1.54) is 141 Å². The van der Waals surface area contributed by atoms with E-state index in [-0.39, 0.29) is 31.1 Å². The molecule has 0 aromatic heterocycles. The fourth-order valence-corrected chi connectivity index (χ4v) is 7.20. The summed E-state index contributed by atoms with van der Waals surface area (Å²) in [6.45, 7) is 6.56. The first-order valence-corrected chi connectivity index (χ1v) is 25.5. The minimum Gasteiger partial charge on any atom is -0.462 e. The van der Waals surface area contributed by atoms with E-state index in [0.29, 0.717) is 19.3 Å². The smallest absolute Gasteiger partial charge is 0.306 e. The fraction of sp³-hybridized carbons (Fsp3) is 0.830. The Morgan fingerprint density at radius 3 is 0.915 bits per heavy atom. The highest BCUT2D eigenvalue weighted by atomic mass is 16.6. The van der Waals surface area contributed by atoms with E-state index in [1.54, 1.807) is 0 Å². The molecule has 0 amide bonds. The Labute approximate surface area is 365 Å². The molecule has 1 atom stereocenters. The van der Waals surface area contributed by atoms with Gasteiger partial charge in [0, 0.05) is 19.3 Å². The molecule has 0 aromatic rings. The molecule has 0 saturated heterocycles. The van der Waals surface area contributed by atoms with Crippen molar-refractivity contribution in [3.8, 4) is 0 Å². The van der Waals surface area contributed by atoms with E-state index in [2.05, 4.69) is 57.2 Å². The van der Waals surface area contributed by atoms with E-state index in [4.69, 9.17) is 14.2 Å². The maximum absolute atomic E-state index is 12.8. The molecule has 0 bridgehead atoms.